The number of nitrogens with zero attached hydrogens (tertiary/aromatic N) is 6. The normalized spacial score (nSPS) is 21.0. The molecule has 0 amide bonds. The molecule has 2 aromatic rings. The third kappa shape index (κ3) is 3.05. The van der Waals surface area contributed by atoms with E-state index in [4.69, 9.17) is 15.3 Å². The molecule has 0 saturated carbocycles. The highest BCUT2D eigenvalue weighted by atomic mass is 19.1. The Kier molecular flexibility index (Phi) is 4.65. The van der Waals surface area contributed by atoms with Gasteiger partial charge < -0.3 is 19.9 Å². The molecule has 1 fully saturated rings. The number of aliphatic imine (C=N–C) groups is 1. The first kappa shape index (κ1) is 17.9. The summed E-state index contributed by atoms with van der Waals surface area (Å²) in [7, 11) is 1.43. The largest absolute Gasteiger partial charge is 0.495 e. The summed E-state index contributed by atoms with van der Waals surface area (Å²) in [6.07, 6.45) is 5.90. The van der Waals surface area contributed by atoms with Crippen molar-refractivity contribution in [2.45, 2.75) is 25.4 Å². The van der Waals surface area contributed by atoms with Crippen LogP contribution in [-0.4, -0.2) is 41.5 Å². The maximum absolute atomic E-state index is 14.4. The van der Waals surface area contributed by atoms with Crippen molar-refractivity contribution in [3.8, 4) is 11.8 Å². The zero-order valence-electron chi connectivity index (χ0n) is 15.5. The van der Waals surface area contributed by atoms with Gasteiger partial charge in [-0.3, -0.25) is 0 Å². The van der Waals surface area contributed by atoms with Gasteiger partial charge in [-0.25, -0.2) is 14.4 Å². The molecule has 0 N–H and O–H groups in total. The standard InChI is InChI=1S/C20H18FN6O/c1-12-15-11-25-20(19-23-5-3-6-24-19)26-17(15)4-7-27(12)13-8-16(21)14(10-22)18(9-13)28-2/h3,5-6,8-9,11-12,17H,4,7H2,1-2H3/q-1. The van der Waals surface area contributed by atoms with Gasteiger partial charge >= 0.3 is 0 Å². The average Bonchev–Trinajstić information content (AvgIpc) is 2.73. The zero-order chi connectivity index (χ0) is 19.7. The van der Waals surface area contributed by atoms with Gasteiger partial charge in [0.05, 0.1) is 7.11 Å². The monoisotopic (exact) mass is 377 g/mol. The first-order valence-electron chi connectivity index (χ1n) is 8.92. The van der Waals surface area contributed by atoms with E-state index >= 15 is 0 Å². The molecular weight excluding hydrogens is 359 g/mol. The van der Waals surface area contributed by atoms with E-state index in [2.05, 4.69) is 19.9 Å². The Morgan fingerprint density at radius 3 is 2.82 bits per heavy atom. The van der Waals surface area contributed by atoms with E-state index < -0.39 is 5.82 Å². The van der Waals surface area contributed by atoms with Gasteiger partial charge in [0.15, 0.2) is 5.82 Å². The molecule has 28 heavy (non-hydrogen) atoms. The lowest BCUT2D eigenvalue weighted by molar-refractivity contribution is 0.409. The van der Waals surface area contributed by atoms with Crippen LogP contribution in [0.2, 0.25) is 0 Å². The van der Waals surface area contributed by atoms with Crippen LogP contribution in [0.25, 0.3) is 5.32 Å². The molecular formula is C20H18FN6O-. The van der Waals surface area contributed by atoms with Crippen molar-refractivity contribution < 1.29 is 9.13 Å². The molecule has 1 saturated heterocycles. The van der Waals surface area contributed by atoms with Crippen molar-refractivity contribution in [2.75, 3.05) is 18.6 Å². The summed E-state index contributed by atoms with van der Waals surface area (Å²) in [5, 5.41) is 13.8. The summed E-state index contributed by atoms with van der Waals surface area (Å²) in [5.74, 6) is 0.679. The number of nitriles is 1. The number of piperidine rings is 1. The molecule has 2 unspecified atom stereocenters. The number of hydrogen-bond acceptors (Lipinski definition) is 6. The van der Waals surface area contributed by atoms with E-state index in [1.165, 1.54) is 13.2 Å². The highest BCUT2D eigenvalue weighted by Crippen LogP contribution is 2.37. The van der Waals surface area contributed by atoms with Crippen LogP contribution in [0.5, 0.6) is 5.75 Å². The molecule has 8 heteroatoms. The smallest absolute Gasteiger partial charge is 0.150 e. The molecule has 0 spiro atoms. The number of anilines is 1. The highest BCUT2D eigenvalue weighted by molar-refractivity contribution is 6.07. The van der Waals surface area contributed by atoms with Gasteiger partial charge in [0, 0.05) is 36.7 Å². The molecule has 2 aliphatic heterocycles. The molecule has 3 heterocycles. The number of amidine groups is 1. The van der Waals surface area contributed by atoms with Crippen LogP contribution in [0.15, 0.2) is 47.4 Å². The van der Waals surface area contributed by atoms with Crippen molar-refractivity contribution in [1.82, 2.24) is 9.97 Å². The maximum Gasteiger partial charge on any atom is 0.150 e. The van der Waals surface area contributed by atoms with Gasteiger partial charge in [-0.05, 0) is 42.9 Å². The van der Waals surface area contributed by atoms with Gasteiger partial charge in [0.2, 0.25) is 0 Å². The molecule has 0 bridgehead atoms. The van der Waals surface area contributed by atoms with Crippen LogP contribution in [-0.2, 0) is 0 Å². The minimum Gasteiger partial charge on any atom is -0.495 e. The van der Waals surface area contributed by atoms with Crippen molar-refractivity contribution in [3.05, 3.63) is 64.9 Å². The number of fused-ring (bicyclic) bond motifs is 1. The molecule has 0 radical (unpaired) electrons. The van der Waals surface area contributed by atoms with Crippen LogP contribution in [0.3, 0.4) is 0 Å². The molecule has 1 aromatic heterocycles. The molecule has 7 nitrogen and oxygen atoms in total. The van der Waals surface area contributed by atoms with Crippen LogP contribution in [0, 0.1) is 17.1 Å². The van der Waals surface area contributed by atoms with Crippen molar-refractivity contribution in [3.63, 3.8) is 0 Å². The van der Waals surface area contributed by atoms with Crippen LogP contribution < -0.4 is 9.64 Å². The minimum atomic E-state index is -0.588. The minimum absolute atomic E-state index is 0.00678. The zero-order valence-corrected chi connectivity index (χ0v) is 15.5. The molecule has 0 aliphatic carbocycles. The quantitative estimate of drug-likeness (QED) is 0.820. The number of benzene rings is 1. The molecule has 2 atom stereocenters. The molecule has 4 rings (SSSR count). The molecule has 2 aliphatic rings. The Hall–Kier alpha value is -3.47. The lowest BCUT2D eigenvalue weighted by Gasteiger charge is -2.46. The van der Waals surface area contributed by atoms with Gasteiger partial charge in [-0.15, -0.1) is 0 Å². The summed E-state index contributed by atoms with van der Waals surface area (Å²) in [5.41, 5.74) is 1.63. The van der Waals surface area contributed by atoms with Gasteiger partial charge in [-0.2, -0.15) is 5.26 Å². The maximum atomic E-state index is 14.4. The van der Waals surface area contributed by atoms with E-state index in [0.29, 0.717) is 23.9 Å². The van der Waals surface area contributed by atoms with Gasteiger partial charge in [-0.1, -0.05) is 6.20 Å². The summed E-state index contributed by atoms with van der Waals surface area (Å²) in [4.78, 5) is 14.9. The summed E-state index contributed by atoms with van der Waals surface area (Å²) >= 11 is 0. The second kappa shape index (κ2) is 7.27. The van der Waals surface area contributed by atoms with E-state index in [1.807, 2.05) is 19.2 Å². The third-order valence-electron chi connectivity index (χ3n) is 5.06. The van der Waals surface area contributed by atoms with E-state index in [-0.39, 0.29) is 23.4 Å². The SMILES string of the molecule is COc1cc(N2CCC3[N-]C(c4ncccn4)=NC=C3C2C)cc(F)c1C#N. The first-order valence-corrected chi connectivity index (χ1v) is 8.92. The van der Waals surface area contributed by atoms with E-state index in [9.17, 15) is 4.39 Å². The summed E-state index contributed by atoms with van der Waals surface area (Å²) < 4.78 is 19.5. The Bertz CT molecular complexity index is 998. The average molecular weight is 377 g/mol. The Morgan fingerprint density at radius 1 is 1.32 bits per heavy atom. The second-order valence-electron chi connectivity index (χ2n) is 6.57. The molecule has 1 aromatic carbocycles. The van der Waals surface area contributed by atoms with Crippen molar-refractivity contribution in [2.24, 2.45) is 4.99 Å². The fourth-order valence-electron chi connectivity index (χ4n) is 3.62. The summed E-state index contributed by atoms with van der Waals surface area (Å²) in [6, 6.07) is 6.64. The number of methoxy groups -OCH3 is 1. The number of hydrogen-bond donors (Lipinski definition) is 0. The lowest BCUT2D eigenvalue weighted by atomic mass is 9.90. The topological polar surface area (TPSA) is 88.5 Å². The Labute approximate surface area is 162 Å². The van der Waals surface area contributed by atoms with Crippen LogP contribution in [0.4, 0.5) is 10.1 Å². The highest BCUT2D eigenvalue weighted by Gasteiger charge is 2.30. The van der Waals surface area contributed by atoms with Gasteiger partial charge in [0.25, 0.3) is 0 Å². The molecule has 142 valence electrons. The van der Waals surface area contributed by atoms with E-state index in [0.717, 1.165) is 12.0 Å². The number of aromatic nitrogens is 2. The number of ether oxygens (including phenoxy) is 1. The van der Waals surface area contributed by atoms with Crippen molar-refractivity contribution in [1.29, 1.82) is 5.26 Å². The first-order chi connectivity index (χ1) is 13.6. The van der Waals surface area contributed by atoms with Crippen molar-refractivity contribution >= 4 is 11.5 Å². The summed E-state index contributed by atoms with van der Waals surface area (Å²) in [6.45, 7) is 2.72. The fourth-order valence-corrected chi connectivity index (χ4v) is 3.62. The third-order valence-corrected chi connectivity index (χ3v) is 5.06. The Morgan fingerprint density at radius 2 is 2.11 bits per heavy atom. The second-order valence-corrected chi connectivity index (χ2v) is 6.57. The van der Waals surface area contributed by atoms with Gasteiger partial charge in [0.1, 0.15) is 23.2 Å². The van der Waals surface area contributed by atoms with E-state index in [1.54, 1.807) is 24.5 Å². The number of rotatable bonds is 3. The predicted octanol–water partition coefficient (Wildman–Crippen LogP) is 3.18. The van der Waals surface area contributed by atoms with Crippen LogP contribution >= 0.6 is 0 Å². The van der Waals surface area contributed by atoms with Crippen LogP contribution in [0.1, 0.15) is 24.7 Å². The fraction of sp³-hybridized carbons (Fsp3) is 0.300. The Balaban J connectivity index is 1.64. The number of halogens is 1. The predicted molar refractivity (Wildman–Crippen MR) is 103 cm³/mol. The lowest BCUT2D eigenvalue weighted by Crippen LogP contribution is -2.46.